The highest BCUT2D eigenvalue weighted by Gasteiger charge is 2.27. The first-order chi connectivity index (χ1) is 9.38. The van der Waals surface area contributed by atoms with Gasteiger partial charge in [-0.1, -0.05) is 23.8 Å². The van der Waals surface area contributed by atoms with E-state index in [1.165, 1.54) is 16.7 Å². The third-order valence-electron chi connectivity index (χ3n) is 4.72. The van der Waals surface area contributed by atoms with Crippen LogP contribution in [0.15, 0.2) is 18.2 Å². The van der Waals surface area contributed by atoms with Crippen molar-refractivity contribution in [2.24, 2.45) is 5.73 Å². The Morgan fingerprint density at radius 1 is 1.20 bits per heavy atom. The number of hydrogen-bond acceptors (Lipinski definition) is 3. The van der Waals surface area contributed by atoms with E-state index in [4.69, 9.17) is 5.73 Å². The molecule has 0 saturated carbocycles. The van der Waals surface area contributed by atoms with E-state index < -0.39 is 0 Å². The summed E-state index contributed by atoms with van der Waals surface area (Å²) in [4.78, 5) is 4.97. The first-order valence-electron chi connectivity index (χ1n) is 7.65. The van der Waals surface area contributed by atoms with Crippen molar-refractivity contribution in [3.05, 3.63) is 34.9 Å². The van der Waals surface area contributed by atoms with Crippen LogP contribution in [0.2, 0.25) is 0 Å². The van der Waals surface area contributed by atoms with Gasteiger partial charge in [0.2, 0.25) is 0 Å². The molecule has 0 spiro atoms. The van der Waals surface area contributed by atoms with E-state index in [2.05, 4.69) is 62.7 Å². The Morgan fingerprint density at radius 3 is 2.35 bits per heavy atom. The van der Waals surface area contributed by atoms with Gasteiger partial charge >= 0.3 is 0 Å². The fourth-order valence-electron chi connectivity index (χ4n) is 3.28. The lowest BCUT2D eigenvalue weighted by Gasteiger charge is -2.43. The summed E-state index contributed by atoms with van der Waals surface area (Å²) < 4.78 is 0. The average Bonchev–Trinajstić information content (AvgIpc) is 2.35. The Balaban J connectivity index is 2.02. The second kappa shape index (κ2) is 6.25. The van der Waals surface area contributed by atoms with Crippen LogP contribution >= 0.6 is 0 Å². The number of nitrogens with zero attached hydrogens (tertiary/aromatic N) is 2. The Labute approximate surface area is 123 Å². The highest BCUT2D eigenvalue weighted by Crippen LogP contribution is 2.20. The molecular formula is C17H29N3. The molecule has 1 aliphatic heterocycles. The zero-order valence-corrected chi connectivity index (χ0v) is 13.6. The van der Waals surface area contributed by atoms with Crippen molar-refractivity contribution in [2.75, 3.05) is 26.7 Å². The van der Waals surface area contributed by atoms with Crippen LogP contribution in [-0.4, -0.2) is 48.6 Å². The summed E-state index contributed by atoms with van der Waals surface area (Å²) >= 11 is 0. The fourth-order valence-corrected chi connectivity index (χ4v) is 3.28. The summed E-state index contributed by atoms with van der Waals surface area (Å²) in [5.74, 6) is 0. The van der Waals surface area contributed by atoms with E-state index in [-0.39, 0.29) is 6.04 Å². The summed E-state index contributed by atoms with van der Waals surface area (Å²) in [6.45, 7) is 12.1. The van der Waals surface area contributed by atoms with Crippen molar-refractivity contribution in [3.8, 4) is 0 Å². The summed E-state index contributed by atoms with van der Waals surface area (Å²) in [6.07, 6.45) is 0. The standard InChI is InChI=1S/C17H29N3/c1-12-6-7-16(13(2)8-12)17(18)11-20-9-14(3)19(5)15(4)10-20/h6-8,14-15,17H,9-11,18H2,1-5H3. The van der Waals surface area contributed by atoms with Gasteiger partial charge in [-0.25, -0.2) is 0 Å². The monoisotopic (exact) mass is 275 g/mol. The van der Waals surface area contributed by atoms with E-state index in [1.807, 2.05) is 0 Å². The number of hydrogen-bond donors (Lipinski definition) is 1. The summed E-state index contributed by atoms with van der Waals surface area (Å²) in [6, 6.07) is 7.90. The van der Waals surface area contributed by atoms with Crippen molar-refractivity contribution in [3.63, 3.8) is 0 Å². The van der Waals surface area contributed by atoms with Gasteiger partial charge in [0.1, 0.15) is 0 Å². The minimum absolute atomic E-state index is 0.110. The summed E-state index contributed by atoms with van der Waals surface area (Å²) in [7, 11) is 2.22. The molecule has 20 heavy (non-hydrogen) atoms. The predicted molar refractivity (Wildman–Crippen MR) is 86.0 cm³/mol. The molecule has 1 fully saturated rings. The number of likely N-dealkylation sites (N-methyl/N-ethyl adjacent to an activating group) is 1. The molecule has 0 amide bonds. The van der Waals surface area contributed by atoms with Gasteiger partial charge in [-0.15, -0.1) is 0 Å². The van der Waals surface area contributed by atoms with Gasteiger partial charge in [0.15, 0.2) is 0 Å². The van der Waals surface area contributed by atoms with Gasteiger partial charge < -0.3 is 5.73 Å². The van der Waals surface area contributed by atoms with Gasteiger partial charge in [-0.05, 0) is 45.9 Å². The average molecular weight is 275 g/mol. The molecule has 1 aromatic rings. The number of aryl methyl sites for hydroxylation is 2. The molecule has 1 heterocycles. The highest BCUT2D eigenvalue weighted by molar-refractivity contribution is 5.32. The molecule has 2 N–H and O–H groups in total. The Kier molecular flexibility index (Phi) is 4.84. The molecule has 1 aromatic carbocycles. The lowest BCUT2D eigenvalue weighted by atomic mass is 9.98. The van der Waals surface area contributed by atoms with Crippen molar-refractivity contribution < 1.29 is 0 Å². The maximum atomic E-state index is 6.45. The van der Waals surface area contributed by atoms with Crippen LogP contribution in [0.4, 0.5) is 0 Å². The molecule has 1 aliphatic rings. The Morgan fingerprint density at radius 2 is 1.80 bits per heavy atom. The van der Waals surface area contributed by atoms with E-state index >= 15 is 0 Å². The number of rotatable bonds is 3. The predicted octanol–water partition coefficient (Wildman–Crippen LogP) is 2.33. The Bertz CT molecular complexity index is 446. The zero-order valence-electron chi connectivity index (χ0n) is 13.6. The molecule has 3 heteroatoms. The lowest BCUT2D eigenvalue weighted by Crippen LogP contribution is -2.55. The van der Waals surface area contributed by atoms with Crippen LogP contribution in [0.5, 0.6) is 0 Å². The molecular weight excluding hydrogens is 246 g/mol. The molecule has 112 valence electrons. The number of piperazine rings is 1. The minimum atomic E-state index is 0.110. The van der Waals surface area contributed by atoms with Crippen LogP contribution in [-0.2, 0) is 0 Å². The van der Waals surface area contributed by atoms with E-state index in [1.54, 1.807) is 0 Å². The van der Waals surface area contributed by atoms with E-state index in [0.29, 0.717) is 12.1 Å². The first-order valence-corrected chi connectivity index (χ1v) is 7.65. The van der Waals surface area contributed by atoms with Crippen LogP contribution in [0.25, 0.3) is 0 Å². The third kappa shape index (κ3) is 3.40. The Hall–Kier alpha value is -0.900. The molecule has 0 bridgehead atoms. The number of benzene rings is 1. The minimum Gasteiger partial charge on any atom is -0.323 e. The topological polar surface area (TPSA) is 32.5 Å². The van der Waals surface area contributed by atoms with Crippen molar-refractivity contribution >= 4 is 0 Å². The van der Waals surface area contributed by atoms with Gasteiger partial charge in [-0.3, -0.25) is 9.80 Å². The smallest absolute Gasteiger partial charge is 0.0426 e. The van der Waals surface area contributed by atoms with Gasteiger partial charge in [0, 0.05) is 37.8 Å². The largest absolute Gasteiger partial charge is 0.323 e. The van der Waals surface area contributed by atoms with Crippen LogP contribution < -0.4 is 5.73 Å². The van der Waals surface area contributed by atoms with Crippen LogP contribution in [0.1, 0.15) is 36.6 Å². The maximum Gasteiger partial charge on any atom is 0.0426 e. The molecule has 3 atom stereocenters. The lowest BCUT2D eigenvalue weighted by molar-refractivity contribution is 0.0566. The van der Waals surface area contributed by atoms with Gasteiger partial charge in [0.05, 0.1) is 0 Å². The van der Waals surface area contributed by atoms with E-state index in [0.717, 1.165) is 19.6 Å². The van der Waals surface area contributed by atoms with Gasteiger partial charge in [-0.2, -0.15) is 0 Å². The second-order valence-electron chi connectivity index (χ2n) is 6.55. The van der Waals surface area contributed by atoms with Crippen molar-refractivity contribution in [1.29, 1.82) is 0 Å². The van der Waals surface area contributed by atoms with Crippen LogP contribution in [0.3, 0.4) is 0 Å². The summed E-state index contributed by atoms with van der Waals surface area (Å²) in [5, 5.41) is 0. The van der Waals surface area contributed by atoms with Crippen LogP contribution in [0, 0.1) is 13.8 Å². The maximum absolute atomic E-state index is 6.45. The molecule has 0 aromatic heterocycles. The normalized spacial score (nSPS) is 26.7. The molecule has 3 nitrogen and oxygen atoms in total. The van der Waals surface area contributed by atoms with E-state index in [9.17, 15) is 0 Å². The highest BCUT2D eigenvalue weighted by atomic mass is 15.3. The molecule has 0 aliphatic carbocycles. The molecule has 2 rings (SSSR count). The molecule has 0 radical (unpaired) electrons. The first kappa shape index (κ1) is 15.5. The molecule has 3 unspecified atom stereocenters. The quantitative estimate of drug-likeness (QED) is 0.919. The van der Waals surface area contributed by atoms with Crippen molar-refractivity contribution in [2.45, 2.75) is 45.8 Å². The second-order valence-corrected chi connectivity index (χ2v) is 6.55. The fraction of sp³-hybridized carbons (Fsp3) is 0.647. The molecule has 1 saturated heterocycles. The summed E-state index contributed by atoms with van der Waals surface area (Å²) in [5.41, 5.74) is 10.4. The van der Waals surface area contributed by atoms with Crippen molar-refractivity contribution in [1.82, 2.24) is 9.80 Å². The third-order valence-corrected chi connectivity index (χ3v) is 4.72. The SMILES string of the molecule is Cc1ccc(C(N)CN2CC(C)N(C)C(C)C2)c(C)c1. The number of nitrogens with two attached hydrogens (primary N) is 1. The van der Waals surface area contributed by atoms with Gasteiger partial charge in [0.25, 0.3) is 0 Å². The zero-order chi connectivity index (χ0) is 14.9.